The van der Waals surface area contributed by atoms with Crippen molar-refractivity contribution in [3.05, 3.63) is 0 Å². The molecule has 1 fully saturated rings. The zero-order valence-corrected chi connectivity index (χ0v) is 12.7. The van der Waals surface area contributed by atoms with Crippen LogP contribution in [-0.4, -0.2) is 48.8 Å². The van der Waals surface area contributed by atoms with Gasteiger partial charge in [0.2, 0.25) is 0 Å². The van der Waals surface area contributed by atoms with Gasteiger partial charge in [0.25, 0.3) is 0 Å². The molecule has 0 aromatic rings. The average Bonchev–Trinajstić information content (AvgIpc) is 2.37. The molecule has 2 unspecified atom stereocenters. The van der Waals surface area contributed by atoms with E-state index in [1.165, 1.54) is 13.0 Å². The number of hydrogen-bond donors (Lipinski definition) is 2. The molecule has 0 aromatic carbocycles. The summed E-state index contributed by atoms with van der Waals surface area (Å²) >= 11 is 0. The Labute approximate surface area is 113 Å². The highest BCUT2D eigenvalue weighted by Crippen LogP contribution is 2.26. The van der Waals surface area contributed by atoms with Crippen LogP contribution in [0.4, 0.5) is 0 Å². The lowest BCUT2D eigenvalue weighted by atomic mass is 9.85. The second-order valence-corrected chi connectivity index (χ2v) is 6.30. The van der Waals surface area contributed by atoms with Gasteiger partial charge in [0.15, 0.2) is 0 Å². The third-order valence-corrected chi connectivity index (χ3v) is 4.58. The first-order valence-electron chi connectivity index (χ1n) is 7.62. The van der Waals surface area contributed by atoms with Crippen LogP contribution in [0.5, 0.6) is 0 Å². The maximum atomic E-state index is 9.63. The second-order valence-electron chi connectivity index (χ2n) is 6.30. The van der Waals surface area contributed by atoms with E-state index in [2.05, 4.69) is 31.0 Å². The summed E-state index contributed by atoms with van der Waals surface area (Å²) in [5.74, 6) is 0.517. The monoisotopic (exact) mass is 256 g/mol. The molecular weight excluding hydrogens is 224 g/mol. The Hall–Kier alpha value is -0.120. The van der Waals surface area contributed by atoms with E-state index in [-0.39, 0.29) is 6.10 Å². The summed E-state index contributed by atoms with van der Waals surface area (Å²) in [4.78, 5) is 2.58. The number of aliphatic hydroxyl groups is 1. The van der Waals surface area contributed by atoms with E-state index in [4.69, 9.17) is 0 Å². The summed E-state index contributed by atoms with van der Waals surface area (Å²) in [5.41, 5.74) is 0.383. The van der Waals surface area contributed by atoms with Gasteiger partial charge >= 0.3 is 0 Å². The largest absolute Gasteiger partial charge is 0.393 e. The van der Waals surface area contributed by atoms with E-state index in [0.29, 0.717) is 11.3 Å². The molecule has 1 heterocycles. The molecule has 1 rings (SSSR count). The van der Waals surface area contributed by atoms with Gasteiger partial charge in [0.05, 0.1) is 6.10 Å². The van der Waals surface area contributed by atoms with E-state index in [9.17, 15) is 5.11 Å². The summed E-state index contributed by atoms with van der Waals surface area (Å²) in [6, 6.07) is 0. The van der Waals surface area contributed by atoms with Crippen molar-refractivity contribution in [3.63, 3.8) is 0 Å². The molecule has 3 nitrogen and oxygen atoms in total. The Morgan fingerprint density at radius 3 is 2.39 bits per heavy atom. The fourth-order valence-corrected chi connectivity index (χ4v) is 2.85. The minimum atomic E-state index is -0.133. The third-order valence-electron chi connectivity index (χ3n) is 4.58. The molecule has 1 aliphatic rings. The predicted molar refractivity (Wildman–Crippen MR) is 77.8 cm³/mol. The molecule has 2 N–H and O–H groups in total. The zero-order chi connectivity index (χ0) is 13.6. The smallest absolute Gasteiger partial charge is 0.0541 e. The molecule has 0 aliphatic carbocycles. The van der Waals surface area contributed by atoms with Gasteiger partial charge in [-0.2, -0.15) is 0 Å². The second kappa shape index (κ2) is 7.46. The van der Waals surface area contributed by atoms with E-state index >= 15 is 0 Å². The van der Waals surface area contributed by atoms with Crippen LogP contribution in [0.15, 0.2) is 0 Å². The Morgan fingerprint density at radius 2 is 1.94 bits per heavy atom. The number of nitrogens with one attached hydrogen (secondary N) is 1. The molecule has 0 radical (unpaired) electrons. The predicted octanol–water partition coefficient (Wildman–Crippen LogP) is 2.10. The van der Waals surface area contributed by atoms with Gasteiger partial charge in [0.1, 0.15) is 0 Å². The van der Waals surface area contributed by atoms with Crippen molar-refractivity contribution >= 4 is 0 Å². The summed E-state index contributed by atoms with van der Waals surface area (Å²) in [7, 11) is 0. The van der Waals surface area contributed by atoms with Gasteiger partial charge in [-0.05, 0) is 57.2 Å². The Bertz CT molecular complexity index is 225. The van der Waals surface area contributed by atoms with Crippen molar-refractivity contribution < 1.29 is 5.11 Å². The number of piperidine rings is 1. The first-order chi connectivity index (χ1) is 8.50. The fraction of sp³-hybridized carbons (Fsp3) is 1.00. The lowest BCUT2D eigenvalue weighted by Gasteiger charge is -2.39. The van der Waals surface area contributed by atoms with Crippen molar-refractivity contribution in [2.45, 2.75) is 53.1 Å². The molecule has 1 saturated heterocycles. The highest BCUT2D eigenvalue weighted by molar-refractivity contribution is 4.83. The standard InChI is InChI=1S/C15H32N2O/c1-5-15(4,11-16-6-2)12-17-9-7-14(8-10-17)13(3)18/h13-14,16,18H,5-12H2,1-4H3. The molecule has 0 aromatic heterocycles. The van der Waals surface area contributed by atoms with E-state index in [1.807, 2.05) is 6.92 Å². The molecule has 0 saturated carbocycles. The van der Waals surface area contributed by atoms with Gasteiger partial charge in [-0.15, -0.1) is 0 Å². The zero-order valence-electron chi connectivity index (χ0n) is 12.7. The van der Waals surface area contributed by atoms with E-state index in [1.54, 1.807) is 0 Å². The van der Waals surface area contributed by atoms with Crippen molar-refractivity contribution in [1.82, 2.24) is 10.2 Å². The Morgan fingerprint density at radius 1 is 1.33 bits per heavy atom. The first-order valence-corrected chi connectivity index (χ1v) is 7.62. The summed E-state index contributed by atoms with van der Waals surface area (Å²) in [6.07, 6.45) is 3.39. The molecule has 0 amide bonds. The first kappa shape index (κ1) is 15.9. The average molecular weight is 256 g/mol. The van der Waals surface area contributed by atoms with Crippen LogP contribution in [-0.2, 0) is 0 Å². The van der Waals surface area contributed by atoms with E-state index in [0.717, 1.165) is 39.0 Å². The number of aliphatic hydroxyl groups excluding tert-OH is 1. The molecule has 2 atom stereocenters. The number of nitrogens with zero attached hydrogens (tertiary/aromatic N) is 1. The topological polar surface area (TPSA) is 35.5 Å². The molecule has 0 spiro atoms. The van der Waals surface area contributed by atoms with Crippen molar-refractivity contribution in [1.29, 1.82) is 0 Å². The SMILES string of the molecule is CCNCC(C)(CC)CN1CCC(C(C)O)CC1. The minimum Gasteiger partial charge on any atom is -0.393 e. The van der Waals surface area contributed by atoms with Crippen LogP contribution in [0.2, 0.25) is 0 Å². The van der Waals surface area contributed by atoms with Gasteiger partial charge < -0.3 is 15.3 Å². The van der Waals surface area contributed by atoms with Crippen LogP contribution < -0.4 is 5.32 Å². The van der Waals surface area contributed by atoms with Gasteiger partial charge in [-0.3, -0.25) is 0 Å². The highest BCUT2D eigenvalue weighted by Gasteiger charge is 2.28. The molecular formula is C15H32N2O. The summed E-state index contributed by atoms with van der Waals surface area (Å²) in [6.45, 7) is 14.4. The number of hydrogen-bond acceptors (Lipinski definition) is 3. The molecule has 108 valence electrons. The fourth-order valence-electron chi connectivity index (χ4n) is 2.85. The van der Waals surface area contributed by atoms with Crippen LogP contribution in [0, 0.1) is 11.3 Å². The van der Waals surface area contributed by atoms with Crippen molar-refractivity contribution in [2.24, 2.45) is 11.3 Å². The lowest BCUT2D eigenvalue weighted by Crippen LogP contribution is -2.45. The Balaban J connectivity index is 2.38. The molecule has 18 heavy (non-hydrogen) atoms. The van der Waals surface area contributed by atoms with Crippen LogP contribution in [0.1, 0.15) is 47.0 Å². The maximum absolute atomic E-state index is 9.63. The molecule has 3 heteroatoms. The summed E-state index contributed by atoms with van der Waals surface area (Å²) in [5, 5.41) is 13.1. The summed E-state index contributed by atoms with van der Waals surface area (Å²) < 4.78 is 0. The van der Waals surface area contributed by atoms with E-state index < -0.39 is 0 Å². The minimum absolute atomic E-state index is 0.133. The quantitative estimate of drug-likeness (QED) is 0.732. The van der Waals surface area contributed by atoms with Crippen LogP contribution >= 0.6 is 0 Å². The van der Waals surface area contributed by atoms with Crippen LogP contribution in [0.3, 0.4) is 0 Å². The maximum Gasteiger partial charge on any atom is 0.0541 e. The van der Waals surface area contributed by atoms with Crippen molar-refractivity contribution in [2.75, 3.05) is 32.7 Å². The highest BCUT2D eigenvalue weighted by atomic mass is 16.3. The van der Waals surface area contributed by atoms with Gasteiger partial charge in [0, 0.05) is 13.1 Å². The third kappa shape index (κ3) is 4.87. The Kier molecular flexibility index (Phi) is 6.61. The van der Waals surface area contributed by atoms with Gasteiger partial charge in [-0.25, -0.2) is 0 Å². The molecule has 0 bridgehead atoms. The number of rotatable bonds is 7. The van der Waals surface area contributed by atoms with Crippen LogP contribution in [0.25, 0.3) is 0 Å². The number of likely N-dealkylation sites (tertiary alicyclic amines) is 1. The lowest BCUT2D eigenvalue weighted by molar-refractivity contribution is 0.0546. The molecule has 1 aliphatic heterocycles. The van der Waals surface area contributed by atoms with Gasteiger partial charge in [-0.1, -0.05) is 20.8 Å². The normalized spacial score (nSPS) is 23.8. The van der Waals surface area contributed by atoms with Crippen molar-refractivity contribution in [3.8, 4) is 0 Å².